The van der Waals surface area contributed by atoms with Gasteiger partial charge in [0.15, 0.2) is 0 Å². The molecule has 0 aliphatic carbocycles. The van der Waals surface area contributed by atoms with Crippen LogP contribution >= 0.6 is 0 Å². The standard InChI is InChI=1S/C44H84N2O8/c1-11-13-15-17-23-27-31-49-45-41(3,4)33-37(34-42(45,5)6)51-53-39(47)29-25-21-19-20-22-26-30-40(48)54-52-38-35-43(7,8)46(44(9,10)36-38)50-32-28-24-18-16-14-12-2/h37-38H,11-36H2,1-10H3. The molecule has 2 aliphatic heterocycles. The Labute approximate surface area is 331 Å². The fourth-order valence-electron chi connectivity index (χ4n) is 8.83. The molecule has 0 unspecified atom stereocenters. The van der Waals surface area contributed by atoms with Crippen LogP contribution in [0.2, 0.25) is 0 Å². The van der Waals surface area contributed by atoms with Gasteiger partial charge in [-0.1, -0.05) is 104 Å². The van der Waals surface area contributed by atoms with Crippen LogP contribution in [0.5, 0.6) is 0 Å². The smallest absolute Gasteiger partial charge is 0.298 e. The van der Waals surface area contributed by atoms with E-state index in [-0.39, 0.29) is 46.3 Å². The van der Waals surface area contributed by atoms with Crippen molar-refractivity contribution >= 4 is 11.9 Å². The molecule has 2 aliphatic rings. The zero-order valence-corrected chi connectivity index (χ0v) is 36.7. The summed E-state index contributed by atoms with van der Waals surface area (Å²) in [6.45, 7) is 23.3. The van der Waals surface area contributed by atoms with Gasteiger partial charge in [-0.25, -0.2) is 9.59 Å². The average Bonchev–Trinajstić information content (AvgIpc) is 3.07. The number of carbonyl (C=O) groups excluding carboxylic acids is 2. The highest BCUT2D eigenvalue weighted by Crippen LogP contribution is 2.41. The second-order valence-corrected chi connectivity index (χ2v) is 18.8. The van der Waals surface area contributed by atoms with E-state index in [0.29, 0.717) is 12.8 Å². The summed E-state index contributed by atoms with van der Waals surface area (Å²) in [5.41, 5.74) is -0.947. The molecule has 0 bridgehead atoms. The Morgan fingerprint density at radius 3 is 1.04 bits per heavy atom. The summed E-state index contributed by atoms with van der Waals surface area (Å²) in [5, 5.41) is 4.29. The summed E-state index contributed by atoms with van der Waals surface area (Å²) >= 11 is 0. The van der Waals surface area contributed by atoms with Gasteiger partial charge >= 0.3 is 11.9 Å². The molecular formula is C44H84N2O8. The van der Waals surface area contributed by atoms with E-state index in [1.807, 2.05) is 0 Å². The molecule has 0 radical (unpaired) electrons. The van der Waals surface area contributed by atoms with Crippen molar-refractivity contribution in [3.05, 3.63) is 0 Å². The first-order chi connectivity index (χ1) is 25.5. The molecule has 0 atom stereocenters. The van der Waals surface area contributed by atoms with Gasteiger partial charge in [-0.15, -0.1) is 0 Å². The van der Waals surface area contributed by atoms with Gasteiger partial charge in [0.25, 0.3) is 0 Å². The van der Waals surface area contributed by atoms with Crippen molar-refractivity contribution in [2.75, 3.05) is 13.2 Å². The molecule has 0 aromatic carbocycles. The van der Waals surface area contributed by atoms with Crippen LogP contribution in [0.25, 0.3) is 0 Å². The van der Waals surface area contributed by atoms with E-state index < -0.39 is 0 Å². The third-order valence-corrected chi connectivity index (χ3v) is 11.1. The van der Waals surface area contributed by atoms with Gasteiger partial charge in [0.05, 0.1) is 13.2 Å². The average molecular weight is 769 g/mol. The van der Waals surface area contributed by atoms with Crippen LogP contribution in [-0.2, 0) is 38.8 Å². The fourth-order valence-corrected chi connectivity index (χ4v) is 8.83. The first kappa shape index (κ1) is 48.8. The molecule has 10 nitrogen and oxygen atoms in total. The topological polar surface area (TPSA) is 96.0 Å². The Kier molecular flexibility index (Phi) is 22.7. The summed E-state index contributed by atoms with van der Waals surface area (Å²) < 4.78 is 0. The van der Waals surface area contributed by atoms with E-state index in [0.717, 1.165) is 90.3 Å². The third-order valence-electron chi connectivity index (χ3n) is 11.1. The van der Waals surface area contributed by atoms with Crippen molar-refractivity contribution in [3.63, 3.8) is 0 Å². The second-order valence-electron chi connectivity index (χ2n) is 18.8. The van der Waals surface area contributed by atoms with Crippen LogP contribution in [0.3, 0.4) is 0 Å². The van der Waals surface area contributed by atoms with Crippen molar-refractivity contribution in [2.45, 2.75) is 258 Å². The highest BCUT2D eigenvalue weighted by molar-refractivity contribution is 5.68. The van der Waals surface area contributed by atoms with Crippen molar-refractivity contribution in [3.8, 4) is 0 Å². The van der Waals surface area contributed by atoms with Crippen LogP contribution in [-0.4, -0.2) is 69.6 Å². The zero-order chi connectivity index (χ0) is 40.1. The number of carbonyl (C=O) groups is 2. The van der Waals surface area contributed by atoms with Crippen LogP contribution in [0, 0.1) is 0 Å². The first-order valence-electron chi connectivity index (χ1n) is 22.1. The molecule has 2 rings (SSSR count). The van der Waals surface area contributed by atoms with Crippen LogP contribution < -0.4 is 0 Å². The molecule has 0 N–H and O–H groups in total. The maximum absolute atomic E-state index is 12.5. The van der Waals surface area contributed by atoms with Crippen molar-refractivity contribution in [1.29, 1.82) is 0 Å². The van der Waals surface area contributed by atoms with Gasteiger partial charge in [0.1, 0.15) is 12.2 Å². The third kappa shape index (κ3) is 18.8. The van der Waals surface area contributed by atoms with Gasteiger partial charge in [0.2, 0.25) is 0 Å². The molecule has 0 aromatic heterocycles. The minimum atomic E-state index is -0.312. The highest BCUT2D eigenvalue weighted by Gasteiger charge is 2.49. The summed E-state index contributed by atoms with van der Waals surface area (Å²) in [5.74, 6) is -0.624. The van der Waals surface area contributed by atoms with E-state index >= 15 is 0 Å². The van der Waals surface area contributed by atoms with Crippen LogP contribution in [0.4, 0.5) is 0 Å². The largest absolute Gasteiger partial charge is 0.342 e. The number of hydrogen-bond donors (Lipinski definition) is 0. The second kappa shape index (κ2) is 25.1. The number of hydrogen-bond acceptors (Lipinski definition) is 10. The van der Waals surface area contributed by atoms with Gasteiger partial charge < -0.3 is 0 Å². The van der Waals surface area contributed by atoms with Gasteiger partial charge in [-0.05, 0) is 107 Å². The minimum absolute atomic E-state index is 0.171. The maximum atomic E-state index is 12.5. The molecular weight excluding hydrogens is 684 g/mol. The number of unbranched alkanes of at least 4 members (excludes halogenated alkanes) is 15. The molecule has 2 fully saturated rings. The van der Waals surface area contributed by atoms with Gasteiger partial charge in [0, 0.05) is 35.0 Å². The Morgan fingerprint density at radius 1 is 0.444 bits per heavy atom. The summed E-state index contributed by atoms with van der Waals surface area (Å²) in [6, 6.07) is 0. The monoisotopic (exact) mass is 769 g/mol. The van der Waals surface area contributed by atoms with Crippen LogP contribution in [0.15, 0.2) is 0 Å². The molecule has 0 saturated carbocycles. The number of nitrogens with zero attached hydrogens (tertiary/aromatic N) is 2. The number of rotatable bonds is 29. The lowest BCUT2D eigenvalue weighted by atomic mass is 9.80. The van der Waals surface area contributed by atoms with E-state index in [2.05, 4.69) is 79.4 Å². The SMILES string of the molecule is CCCCCCCCON1C(C)(C)CC(OOC(=O)CCCCCCCCC(=O)OOC2CC(C)(C)N(OCCCCCCCC)C(C)(C)C2)CC1(C)C. The Morgan fingerprint density at radius 2 is 0.722 bits per heavy atom. The van der Waals surface area contributed by atoms with Gasteiger partial charge in [-0.3, -0.25) is 19.5 Å². The van der Waals surface area contributed by atoms with Crippen molar-refractivity contribution in [2.24, 2.45) is 0 Å². The Balaban J connectivity index is 1.53. The summed E-state index contributed by atoms with van der Waals surface area (Å²) in [6.07, 6.45) is 23.5. The molecule has 0 aromatic rings. The fraction of sp³-hybridized carbons (Fsp3) is 0.955. The lowest BCUT2D eigenvalue weighted by Gasteiger charge is -2.53. The highest BCUT2D eigenvalue weighted by atomic mass is 17.2. The molecule has 54 heavy (non-hydrogen) atoms. The number of piperidine rings is 2. The predicted molar refractivity (Wildman–Crippen MR) is 216 cm³/mol. The molecule has 2 heterocycles. The van der Waals surface area contributed by atoms with E-state index in [1.54, 1.807) is 0 Å². The predicted octanol–water partition coefficient (Wildman–Crippen LogP) is 11.7. The zero-order valence-electron chi connectivity index (χ0n) is 36.7. The van der Waals surface area contributed by atoms with E-state index in [9.17, 15) is 9.59 Å². The number of hydroxylamine groups is 4. The Hall–Kier alpha value is -1.30. The van der Waals surface area contributed by atoms with Crippen LogP contribution in [0.1, 0.15) is 223 Å². The minimum Gasteiger partial charge on any atom is -0.298 e. The van der Waals surface area contributed by atoms with E-state index in [1.165, 1.54) is 64.2 Å². The van der Waals surface area contributed by atoms with Crippen molar-refractivity contribution in [1.82, 2.24) is 10.1 Å². The lowest BCUT2D eigenvalue weighted by molar-refractivity contribution is -0.346. The maximum Gasteiger partial charge on any atom is 0.342 e. The first-order valence-corrected chi connectivity index (χ1v) is 22.1. The Bertz CT molecular complexity index is 916. The normalized spacial score (nSPS) is 20.3. The summed E-state index contributed by atoms with van der Waals surface area (Å²) in [7, 11) is 0. The molecule has 2 saturated heterocycles. The quantitative estimate of drug-likeness (QED) is 0.0416. The van der Waals surface area contributed by atoms with Gasteiger partial charge in [-0.2, -0.15) is 19.9 Å². The molecule has 318 valence electrons. The molecule has 10 heteroatoms. The van der Waals surface area contributed by atoms with Crippen molar-refractivity contribution < 1.29 is 38.8 Å². The molecule has 0 amide bonds. The summed E-state index contributed by atoms with van der Waals surface area (Å²) in [4.78, 5) is 59.5. The molecule has 0 spiro atoms. The lowest BCUT2D eigenvalue weighted by Crippen LogP contribution is -2.62. The van der Waals surface area contributed by atoms with E-state index in [4.69, 9.17) is 29.2 Å².